The number of morpholine rings is 1. The second kappa shape index (κ2) is 14.9. The molecule has 0 amide bonds. The molecule has 37 heavy (non-hydrogen) atoms. The van der Waals surface area contributed by atoms with Crippen molar-refractivity contribution in [3.8, 4) is 0 Å². The molecule has 8 nitrogen and oxygen atoms in total. The van der Waals surface area contributed by atoms with E-state index >= 15 is 0 Å². The Morgan fingerprint density at radius 2 is 1.73 bits per heavy atom. The van der Waals surface area contributed by atoms with Crippen LogP contribution in [0.4, 0.5) is 5.69 Å². The zero-order valence-electron chi connectivity index (χ0n) is 20.0. The van der Waals surface area contributed by atoms with Gasteiger partial charge in [-0.2, -0.15) is 0 Å². The number of carboxylic acids is 2. The highest BCUT2D eigenvalue weighted by atomic mass is 35.5. The van der Waals surface area contributed by atoms with Crippen LogP contribution in [0.15, 0.2) is 64.6 Å². The van der Waals surface area contributed by atoms with Gasteiger partial charge in [0.15, 0.2) is 0 Å². The lowest BCUT2D eigenvalue weighted by Crippen LogP contribution is -2.37. The van der Waals surface area contributed by atoms with Gasteiger partial charge in [0.1, 0.15) is 0 Å². The third-order valence-electron chi connectivity index (χ3n) is 5.32. The van der Waals surface area contributed by atoms with Crippen LogP contribution in [0.2, 0.25) is 10.0 Å². The Hall–Kier alpha value is -2.69. The number of fused-ring (bicyclic) bond motifs is 1. The van der Waals surface area contributed by atoms with E-state index in [0.717, 1.165) is 72.6 Å². The predicted octanol–water partition coefficient (Wildman–Crippen LogP) is 5.04. The summed E-state index contributed by atoms with van der Waals surface area (Å²) < 4.78 is 5.41. The summed E-state index contributed by atoms with van der Waals surface area (Å²) in [6.45, 7) is 5.41. The van der Waals surface area contributed by atoms with E-state index in [1.165, 1.54) is 0 Å². The molecule has 0 radical (unpaired) electrons. The molecule has 0 bridgehead atoms. The number of carbonyl (C=O) groups is 2. The van der Waals surface area contributed by atoms with Gasteiger partial charge >= 0.3 is 11.9 Å². The Morgan fingerprint density at radius 3 is 2.41 bits per heavy atom. The van der Waals surface area contributed by atoms with Crippen molar-refractivity contribution in [3.05, 3.63) is 75.8 Å². The fraction of sp³-hybridized carbons (Fsp3) is 0.308. The number of aliphatic carboxylic acids is 2. The summed E-state index contributed by atoms with van der Waals surface area (Å²) in [5.74, 6) is -1.49. The van der Waals surface area contributed by atoms with Crippen molar-refractivity contribution >= 4 is 63.3 Å². The molecule has 2 aromatic rings. The van der Waals surface area contributed by atoms with Crippen LogP contribution in [0, 0.1) is 0 Å². The van der Waals surface area contributed by atoms with Crippen LogP contribution in [-0.4, -0.2) is 83.0 Å². The van der Waals surface area contributed by atoms with Gasteiger partial charge in [0, 0.05) is 52.2 Å². The Morgan fingerprint density at radius 1 is 1.03 bits per heavy atom. The quantitative estimate of drug-likeness (QED) is 0.358. The summed E-state index contributed by atoms with van der Waals surface area (Å²) in [7, 11) is 0. The van der Waals surface area contributed by atoms with E-state index in [2.05, 4.69) is 4.90 Å². The first kappa shape index (κ1) is 28.9. The van der Waals surface area contributed by atoms with E-state index in [9.17, 15) is 9.59 Å². The molecule has 196 valence electrons. The highest BCUT2D eigenvalue weighted by Gasteiger charge is 2.19. The molecule has 1 saturated heterocycles. The minimum Gasteiger partial charge on any atom is -0.478 e. The van der Waals surface area contributed by atoms with E-state index < -0.39 is 11.9 Å². The fourth-order valence-corrected chi connectivity index (χ4v) is 4.83. The average Bonchev–Trinajstić information content (AvgIpc) is 3.06. The van der Waals surface area contributed by atoms with Crippen LogP contribution in [0.3, 0.4) is 0 Å². The molecule has 0 saturated carbocycles. The maximum atomic E-state index is 9.55. The summed E-state index contributed by atoms with van der Waals surface area (Å²) in [4.78, 5) is 31.4. The van der Waals surface area contributed by atoms with Crippen LogP contribution in [0.5, 0.6) is 0 Å². The molecule has 2 N–H and O–H groups in total. The number of halogens is 2. The second-order valence-electron chi connectivity index (χ2n) is 7.98. The number of ether oxygens (including phenoxy) is 1. The standard InChI is InChI=1S/C22H23Cl2N3OS.C4H4O4/c23-16-6-7-20-18(14-16)22(17-4-1-2-5-19(17)24)25-15-21(26-20)29-13-3-8-27-9-11-28-12-10-27;5-3(6)1-2-4(7)8/h1-2,4-7,14H,3,8-13,15H2;1-2H,(H,5,6)(H,7,8)/b;2-1+. The van der Waals surface area contributed by atoms with Gasteiger partial charge in [-0.15, -0.1) is 11.8 Å². The minimum absolute atomic E-state index is 0.551. The van der Waals surface area contributed by atoms with Gasteiger partial charge in [0.05, 0.1) is 36.2 Å². The van der Waals surface area contributed by atoms with Gasteiger partial charge in [0.25, 0.3) is 0 Å². The number of rotatable bonds is 7. The van der Waals surface area contributed by atoms with E-state index in [4.69, 9.17) is 48.1 Å². The number of carboxylic acid groups (broad SMARTS) is 2. The minimum atomic E-state index is -1.26. The Balaban J connectivity index is 0.000000414. The lowest BCUT2D eigenvalue weighted by atomic mass is 10.0. The first-order valence-electron chi connectivity index (χ1n) is 11.6. The summed E-state index contributed by atoms with van der Waals surface area (Å²) in [6.07, 6.45) is 2.24. The van der Waals surface area contributed by atoms with Gasteiger partial charge in [-0.3, -0.25) is 9.89 Å². The second-order valence-corrected chi connectivity index (χ2v) is 9.99. The topological polar surface area (TPSA) is 112 Å². The molecular weight excluding hydrogens is 537 g/mol. The molecule has 0 unspecified atom stereocenters. The molecule has 2 aliphatic heterocycles. The molecule has 0 aliphatic carbocycles. The van der Waals surface area contributed by atoms with Crippen molar-refractivity contribution in [1.82, 2.24) is 4.90 Å². The van der Waals surface area contributed by atoms with Crippen molar-refractivity contribution in [3.63, 3.8) is 0 Å². The molecule has 1 fully saturated rings. The zero-order chi connectivity index (χ0) is 26.6. The van der Waals surface area contributed by atoms with Gasteiger partial charge in [0.2, 0.25) is 0 Å². The molecule has 0 aromatic heterocycles. The smallest absolute Gasteiger partial charge is 0.328 e. The molecule has 4 rings (SSSR count). The summed E-state index contributed by atoms with van der Waals surface area (Å²) in [5, 5.41) is 18.0. The lowest BCUT2D eigenvalue weighted by molar-refractivity contribution is -0.134. The van der Waals surface area contributed by atoms with Gasteiger partial charge < -0.3 is 14.9 Å². The summed E-state index contributed by atoms with van der Waals surface area (Å²) in [6, 6.07) is 13.5. The van der Waals surface area contributed by atoms with Crippen molar-refractivity contribution in [2.75, 3.05) is 45.1 Å². The maximum Gasteiger partial charge on any atom is 0.328 e. The van der Waals surface area contributed by atoms with Crippen LogP contribution >= 0.6 is 35.0 Å². The van der Waals surface area contributed by atoms with E-state index in [1.54, 1.807) is 11.8 Å². The first-order valence-corrected chi connectivity index (χ1v) is 13.3. The monoisotopic (exact) mass is 563 g/mol. The fourth-order valence-electron chi connectivity index (χ4n) is 3.60. The number of benzene rings is 2. The molecule has 2 aliphatic rings. The molecule has 2 aromatic carbocycles. The number of aliphatic imine (C=N–C) groups is 2. The highest BCUT2D eigenvalue weighted by molar-refractivity contribution is 8.14. The van der Waals surface area contributed by atoms with Crippen molar-refractivity contribution in [2.45, 2.75) is 6.42 Å². The Bertz CT molecular complexity index is 1180. The van der Waals surface area contributed by atoms with Gasteiger partial charge in [-0.05, 0) is 37.2 Å². The molecule has 2 heterocycles. The van der Waals surface area contributed by atoms with Gasteiger partial charge in [-0.25, -0.2) is 14.6 Å². The number of nitrogens with zero attached hydrogens (tertiary/aromatic N) is 3. The van der Waals surface area contributed by atoms with Crippen molar-refractivity contribution in [2.24, 2.45) is 9.98 Å². The molecule has 0 atom stereocenters. The largest absolute Gasteiger partial charge is 0.478 e. The molecule has 11 heteroatoms. The van der Waals surface area contributed by atoms with E-state index in [0.29, 0.717) is 28.7 Å². The SMILES string of the molecule is Clc1ccc2c(c1)C(c1ccccc1Cl)=NCC(SCCCN1CCOCC1)=N2.O=C(O)/C=C/C(=O)O. The third-order valence-corrected chi connectivity index (χ3v) is 6.93. The van der Waals surface area contributed by atoms with Crippen molar-refractivity contribution in [1.29, 1.82) is 0 Å². The zero-order valence-corrected chi connectivity index (χ0v) is 22.3. The van der Waals surface area contributed by atoms with Gasteiger partial charge in [-0.1, -0.05) is 41.4 Å². The van der Waals surface area contributed by atoms with E-state index in [-0.39, 0.29) is 0 Å². The number of thioether (sulfide) groups is 1. The van der Waals surface area contributed by atoms with Crippen LogP contribution in [0.25, 0.3) is 0 Å². The first-order chi connectivity index (χ1) is 17.8. The maximum absolute atomic E-state index is 9.55. The highest BCUT2D eigenvalue weighted by Crippen LogP contribution is 2.31. The normalized spacial score (nSPS) is 15.6. The summed E-state index contributed by atoms with van der Waals surface area (Å²) >= 11 is 14.5. The molecular formula is C26H27Cl2N3O5S. The van der Waals surface area contributed by atoms with Crippen LogP contribution in [-0.2, 0) is 14.3 Å². The Labute approximate surface area is 229 Å². The lowest BCUT2D eigenvalue weighted by Gasteiger charge is -2.26. The molecule has 0 spiro atoms. The average molecular weight is 564 g/mol. The van der Waals surface area contributed by atoms with Crippen LogP contribution in [0.1, 0.15) is 17.5 Å². The van der Waals surface area contributed by atoms with Crippen LogP contribution < -0.4 is 0 Å². The number of hydrogen-bond donors (Lipinski definition) is 2. The van der Waals surface area contributed by atoms with Crippen molar-refractivity contribution < 1.29 is 24.5 Å². The van der Waals surface area contributed by atoms with E-state index in [1.807, 2.05) is 42.5 Å². The predicted molar refractivity (Wildman–Crippen MR) is 149 cm³/mol. The number of hydrogen-bond acceptors (Lipinski definition) is 7. The Kier molecular flexibility index (Phi) is 11.6. The summed E-state index contributed by atoms with van der Waals surface area (Å²) in [5.41, 5.74) is 3.57. The third kappa shape index (κ3) is 9.60.